The van der Waals surface area contributed by atoms with Gasteiger partial charge in [-0.05, 0) is 30.2 Å². The van der Waals surface area contributed by atoms with E-state index in [0.717, 1.165) is 34.0 Å². The summed E-state index contributed by atoms with van der Waals surface area (Å²) in [5.41, 5.74) is 3.86. The highest BCUT2D eigenvalue weighted by Gasteiger charge is 2.54. The van der Waals surface area contributed by atoms with Crippen molar-refractivity contribution in [3.63, 3.8) is 0 Å². The van der Waals surface area contributed by atoms with Crippen molar-refractivity contribution in [3.8, 4) is 0 Å². The summed E-state index contributed by atoms with van der Waals surface area (Å²) < 4.78 is 0. The Morgan fingerprint density at radius 3 is 1.65 bits per heavy atom. The van der Waals surface area contributed by atoms with Crippen LogP contribution in [0.15, 0.2) is 12.2 Å². The Morgan fingerprint density at radius 2 is 1.35 bits per heavy atom. The topological polar surface area (TPSA) is 0 Å². The first-order valence-electron chi connectivity index (χ1n) is 7.59. The molecule has 17 heavy (non-hydrogen) atoms. The van der Waals surface area contributed by atoms with Crippen LogP contribution in [0.25, 0.3) is 0 Å². The second kappa shape index (κ2) is 4.57. The number of fused-ring (bicyclic) bond motifs is 2. The van der Waals surface area contributed by atoms with E-state index >= 15 is 0 Å². The number of hydrogen-bond donors (Lipinski definition) is 0. The van der Waals surface area contributed by atoms with Gasteiger partial charge < -0.3 is 0 Å². The molecule has 2 rings (SSSR count). The fourth-order valence-corrected chi connectivity index (χ4v) is 13.9. The van der Waals surface area contributed by atoms with Crippen LogP contribution in [0.1, 0.15) is 54.4 Å². The quantitative estimate of drug-likeness (QED) is 0.448. The summed E-state index contributed by atoms with van der Waals surface area (Å²) in [5, 5.41) is 0. The normalized spacial score (nSPS) is 32.4. The van der Waals surface area contributed by atoms with Gasteiger partial charge in [0.25, 0.3) is 0 Å². The molecule has 2 bridgehead atoms. The smallest absolute Gasteiger partial charge is 0.0649 e. The third-order valence-corrected chi connectivity index (χ3v) is 13.9. The molecule has 0 saturated heterocycles. The molecule has 0 aromatic heterocycles. The molecule has 0 aliphatic heterocycles. The largest absolute Gasteiger partial charge is 0.0851 e. The summed E-state index contributed by atoms with van der Waals surface area (Å²) in [6, 6.07) is 0. The highest BCUT2D eigenvalue weighted by Crippen LogP contribution is 2.60. The van der Waals surface area contributed by atoms with Crippen LogP contribution in [-0.2, 0) is 0 Å². The van der Waals surface area contributed by atoms with Gasteiger partial charge in [-0.2, -0.15) is 0 Å². The van der Waals surface area contributed by atoms with Gasteiger partial charge in [0.15, 0.2) is 0 Å². The molecule has 0 aromatic rings. The first-order valence-corrected chi connectivity index (χ1v) is 9.89. The third kappa shape index (κ3) is 1.85. The van der Waals surface area contributed by atoms with Crippen molar-refractivity contribution in [1.82, 2.24) is 0 Å². The zero-order valence-electron chi connectivity index (χ0n) is 12.5. The Hall–Kier alpha value is -0.0431. The van der Waals surface area contributed by atoms with Crippen LogP contribution in [0.5, 0.6) is 0 Å². The molecular formula is C16H30Si. The van der Waals surface area contributed by atoms with E-state index in [9.17, 15) is 0 Å². The van der Waals surface area contributed by atoms with Gasteiger partial charge in [0.2, 0.25) is 0 Å². The Kier molecular flexibility index (Phi) is 3.60. The second-order valence-corrected chi connectivity index (χ2v) is 13.6. The van der Waals surface area contributed by atoms with E-state index in [1.54, 1.807) is 0 Å². The van der Waals surface area contributed by atoms with E-state index in [-0.39, 0.29) is 0 Å². The van der Waals surface area contributed by atoms with E-state index in [4.69, 9.17) is 0 Å². The van der Waals surface area contributed by atoms with E-state index in [2.05, 4.69) is 53.7 Å². The Morgan fingerprint density at radius 1 is 0.824 bits per heavy atom. The average molecular weight is 251 g/mol. The predicted molar refractivity (Wildman–Crippen MR) is 80.2 cm³/mol. The molecule has 0 N–H and O–H groups in total. The van der Waals surface area contributed by atoms with Gasteiger partial charge in [-0.15, -0.1) is 0 Å². The molecule has 0 aromatic carbocycles. The molecule has 0 radical (unpaired) electrons. The van der Waals surface area contributed by atoms with Crippen LogP contribution in [0, 0.1) is 11.8 Å². The fourth-order valence-electron chi connectivity index (χ4n) is 5.64. The van der Waals surface area contributed by atoms with Gasteiger partial charge in [0.05, 0.1) is 8.07 Å². The van der Waals surface area contributed by atoms with Crippen molar-refractivity contribution in [3.05, 3.63) is 12.2 Å². The lowest BCUT2D eigenvalue weighted by Crippen LogP contribution is -2.50. The van der Waals surface area contributed by atoms with Crippen LogP contribution >= 0.6 is 0 Å². The lowest BCUT2D eigenvalue weighted by Gasteiger charge is -2.50. The van der Waals surface area contributed by atoms with Gasteiger partial charge >= 0.3 is 0 Å². The SMILES string of the molecule is CC(C)[Si](C(C)C)(C(C)C)C1CC2C=CC1C2. The van der Waals surface area contributed by atoms with Gasteiger partial charge in [0.1, 0.15) is 0 Å². The van der Waals surface area contributed by atoms with Crippen LogP contribution in [0.2, 0.25) is 22.2 Å². The molecule has 2 aliphatic carbocycles. The molecule has 3 unspecified atom stereocenters. The number of hydrogen-bond acceptors (Lipinski definition) is 0. The minimum Gasteiger partial charge on any atom is -0.0851 e. The highest BCUT2D eigenvalue weighted by molar-refractivity contribution is 6.85. The molecule has 3 atom stereocenters. The van der Waals surface area contributed by atoms with Crippen molar-refractivity contribution >= 4 is 8.07 Å². The van der Waals surface area contributed by atoms with Crippen molar-refractivity contribution < 1.29 is 0 Å². The van der Waals surface area contributed by atoms with Crippen LogP contribution in [0.3, 0.4) is 0 Å². The molecule has 2 aliphatic rings. The first-order chi connectivity index (χ1) is 7.90. The average Bonchev–Trinajstić information content (AvgIpc) is 2.77. The molecule has 1 heteroatoms. The van der Waals surface area contributed by atoms with Crippen LogP contribution in [0.4, 0.5) is 0 Å². The molecule has 0 spiro atoms. The van der Waals surface area contributed by atoms with Crippen molar-refractivity contribution in [1.29, 1.82) is 0 Å². The Bertz CT molecular complexity index is 279. The van der Waals surface area contributed by atoms with Crippen molar-refractivity contribution in [2.75, 3.05) is 0 Å². The summed E-state index contributed by atoms with van der Waals surface area (Å²) in [5.74, 6) is 1.88. The summed E-state index contributed by atoms with van der Waals surface area (Å²) in [7, 11) is -1.20. The maximum absolute atomic E-state index is 2.56. The minimum absolute atomic E-state index is 0.931. The number of allylic oxidation sites excluding steroid dienone is 2. The first kappa shape index (κ1) is 13.4. The second-order valence-electron chi connectivity index (χ2n) is 7.35. The zero-order valence-corrected chi connectivity index (χ0v) is 13.5. The fraction of sp³-hybridized carbons (Fsp3) is 0.875. The monoisotopic (exact) mass is 250 g/mol. The molecule has 98 valence electrons. The molecular weight excluding hydrogens is 220 g/mol. The van der Waals surface area contributed by atoms with E-state index in [0.29, 0.717) is 0 Å². The molecule has 0 heterocycles. The Labute approximate surface area is 109 Å². The predicted octanol–water partition coefficient (Wildman–Crippen LogP) is 5.63. The Balaban J connectivity index is 2.36. The molecule has 1 saturated carbocycles. The van der Waals surface area contributed by atoms with Gasteiger partial charge in [-0.25, -0.2) is 0 Å². The lowest BCUT2D eigenvalue weighted by atomic mass is 10.1. The van der Waals surface area contributed by atoms with Crippen LogP contribution < -0.4 is 0 Å². The van der Waals surface area contributed by atoms with Crippen LogP contribution in [-0.4, -0.2) is 8.07 Å². The van der Waals surface area contributed by atoms with Gasteiger partial charge in [-0.1, -0.05) is 70.3 Å². The standard InChI is InChI=1S/C16H30Si/c1-11(2)17(12(3)4,13(5)6)16-10-14-7-8-15(16)9-14/h7-8,11-16H,9-10H2,1-6H3. The summed E-state index contributed by atoms with van der Waals surface area (Å²) in [6.45, 7) is 15.1. The maximum atomic E-state index is 2.56. The number of rotatable bonds is 4. The minimum atomic E-state index is -1.20. The van der Waals surface area contributed by atoms with Crippen molar-refractivity contribution in [2.24, 2.45) is 11.8 Å². The lowest BCUT2D eigenvalue weighted by molar-refractivity contribution is 0.614. The van der Waals surface area contributed by atoms with E-state index in [1.165, 1.54) is 12.8 Å². The van der Waals surface area contributed by atoms with E-state index < -0.39 is 8.07 Å². The van der Waals surface area contributed by atoms with E-state index in [1.807, 2.05) is 0 Å². The molecule has 1 fully saturated rings. The summed E-state index contributed by atoms with van der Waals surface area (Å²) in [6.07, 6.45) is 8.06. The molecule has 0 nitrogen and oxygen atoms in total. The molecule has 0 amide bonds. The van der Waals surface area contributed by atoms with Gasteiger partial charge in [0, 0.05) is 0 Å². The third-order valence-electron chi connectivity index (χ3n) is 5.92. The van der Waals surface area contributed by atoms with Crippen molar-refractivity contribution in [2.45, 2.75) is 76.5 Å². The highest BCUT2D eigenvalue weighted by atomic mass is 28.3. The summed E-state index contributed by atoms with van der Waals surface area (Å²) in [4.78, 5) is 0. The zero-order chi connectivity index (χ0) is 12.8. The summed E-state index contributed by atoms with van der Waals surface area (Å²) >= 11 is 0. The maximum Gasteiger partial charge on any atom is 0.0649 e. The van der Waals surface area contributed by atoms with Gasteiger partial charge in [-0.3, -0.25) is 0 Å².